The van der Waals surface area contributed by atoms with Gasteiger partial charge in [-0.25, -0.2) is 0 Å². The smallest absolute Gasteiger partial charge is 0.156 e. The average molecular weight is 189 g/mol. The molecule has 1 saturated carbocycles. The zero-order chi connectivity index (χ0) is 10.5. The van der Waals surface area contributed by atoms with E-state index in [2.05, 4.69) is 12.1 Å². The van der Waals surface area contributed by atoms with Gasteiger partial charge in [0, 0.05) is 0 Å². The molecule has 0 aliphatic heterocycles. The monoisotopic (exact) mass is 189 g/mol. The molecule has 2 N–H and O–H groups in total. The highest BCUT2D eigenvalue weighted by Crippen LogP contribution is 2.26. The first-order valence-electron chi connectivity index (χ1n) is 4.60. The standard InChI is InChI=1S/C6H11NO.C3H8O2/c1-5-2-3-6(4-5)7-8;1-3(2,4)5/h5-6H,2-4H2,1H3;4-5H,1-2H3. The van der Waals surface area contributed by atoms with Gasteiger partial charge in [0.15, 0.2) is 5.79 Å². The lowest BCUT2D eigenvalue weighted by Gasteiger charge is -2.03. The Labute approximate surface area is 78.9 Å². The Morgan fingerprint density at radius 1 is 1.31 bits per heavy atom. The van der Waals surface area contributed by atoms with Crippen molar-refractivity contribution >= 4 is 0 Å². The molecule has 0 saturated heterocycles. The molecule has 1 fully saturated rings. The van der Waals surface area contributed by atoms with Gasteiger partial charge in [0.25, 0.3) is 0 Å². The molecule has 4 heteroatoms. The zero-order valence-corrected chi connectivity index (χ0v) is 8.53. The molecule has 0 heterocycles. The highest BCUT2D eigenvalue weighted by molar-refractivity contribution is 4.76. The Morgan fingerprint density at radius 3 is 1.92 bits per heavy atom. The third-order valence-corrected chi connectivity index (χ3v) is 1.82. The summed E-state index contributed by atoms with van der Waals surface area (Å²) >= 11 is 0. The predicted molar refractivity (Wildman–Crippen MR) is 51.1 cm³/mol. The Kier molecular flexibility index (Phi) is 5.10. The van der Waals surface area contributed by atoms with E-state index in [1.165, 1.54) is 20.3 Å². The second kappa shape index (κ2) is 5.29. The SMILES string of the molecule is CC(C)(O)O.CC1CCC(N=O)C1. The Balaban J connectivity index is 0.000000252. The number of nitroso groups, excluding NO2 is 1. The van der Waals surface area contributed by atoms with Crippen LogP contribution in [0, 0.1) is 10.8 Å². The van der Waals surface area contributed by atoms with E-state index in [9.17, 15) is 4.91 Å². The summed E-state index contributed by atoms with van der Waals surface area (Å²) in [6.07, 6.45) is 3.23. The molecule has 0 amide bonds. The minimum absolute atomic E-state index is 0.144. The lowest BCUT2D eigenvalue weighted by atomic mass is 10.1. The summed E-state index contributed by atoms with van der Waals surface area (Å²) in [7, 11) is 0. The lowest BCUT2D eigenvalue weighted by molar-refractivity contribution is -0.127. The average Bonchev–Trinajstić information content (AvgIpc) is 2.31. The molecule has 2 atom stereocenters. The van der Waals surface area contributed by atoms with Gasteiger partial charge in [-0.3, -0.25) is 0 Å². The van der Waals surface area contributed by atoms with Crippen molar-refractivity contribution in [2.24, 2.45) is 11.1 Å². The third kappa shape index (κ3) is 9.43. The minimum Gasteiger partial charge on any atom is -0.366 e. The van der Waals surface area contributed by atoms with Gasteiger partial charge in [0.1, 0.15) is 0 Å². The summed E-state index contributed by atoms with van der Waals surface area (Å²) < 4.78 is 0. The van der Waals surface area contributed by atoms with E-state index < -0.39 is 5.79 Å². The van der Waals surface area contributed by atoms with Crippen molar-refractivity contribution in [2.75, 3.05) is 0 Å². The van der Waals surface area contributed by atoms with Crippen LogP contribution in [-0.2, 0) is 0 Å². The van der Waals surface area contributed by atoms with Crippen LogP contribution in [0.4, 0.5) is 0 Å². The van der Waals surface area contributed by atoms with Crippen molar-refractivity contribution in [3.8, 4) is 0 Å². The second-order valence-corrected chi connectivity index (χ2v) is 4.17. The van der Waals surface area contributed by atoms with Crippen molar-refractivity contribution in [1.29, 1.82) is 0 Å². The van der Waals surface area contributed by atoms with Crippen LogP contribution in [0.25, 0.3) is 0 Å². The highest BCUT2D eigenvalue weighted by Gasteiger charge is 2.20. The Bertz CT molecular complexity index is 147. The summed E-state index contributed by atoms with van der Waals surface area (Å²) in [6, 6.07) is 0.144. The number of aliphatic hydroxyl groups is 2. The van der Waals surface area contributed by atoms with E-state index in [4.69, 9.17) is 10.2 Å². The van der Waals surface area contributed by atoms with Crippen LogP contribution in [0.2, 0.25) is 0 Å². The van der Waals surface area contributed by atoms with Crippen molar-refractivity contribution < 1.29 is 10.2 Å². The molecule has 0 aromatic rings. The maximum Gasteiger partial charge on any atom is 0.156 e. The Morgan fingerprint density at radius 2 is 1.77 bits per heavy atom. The van der Waals surface area contributed by atoms with E-state index in [0.717, 1.165) is 18.8 Å². The summed E-state index contributed by atoms with van der Waals surface area (Å²) in [5.74, 6) is -0.766. The van der Waals surface area contributed by atoms with Gasteiger partial charge in [-0.15, -0.1) is 0 Å². The van der Waals surface area contributed by atoms with Crippen molar-refractivity contribution in [3.63, 3.8) is 0 Å². The quantitative estimate of drug-likeness (QED) is 0.486. The number of hydrogen-bond acceptors (Lipinski definition) is 4. The normalized spacial score (nSPS) is 27.8. The topological polar surface area (TPSA) is 69.9 Å². The molecule has 78 valence electrons. The van der Waals surface area contributed by atoms with Crippen LogP contribution >= 0.6 is 0 Å². The molecule has 0 radical (unpaired) electrons. The number of nitrogens with zero attached hydrogens (tertiary/aromatic N) is 1. The molecule has 2 unspecified atom stereocenters. The highest BCUT2D eigenvalue weighted by atomic mass is 16.5. The summed E-state index contributed by atoms with van der Waals surface area (Å²) in [6.45, 7) is 4.77. The van der Waals surface area contributed by atoms with Crippen LogP contribution in [0.3, 0.4) is 0 Å². The first-order chi connectivity index (χ1) is 5.83. The van der Waals surface area contributed by atoms with Crippen LogP contribution in [0.5, 0.6) is 0 Å². The predicted octanol–water partition coefficient (Wildman–Crippen LogP) is 1.65. The Hall–Kier alpha value is -0.480. The molecule has 0 bridgehead atoms. The fourth-order valence-corrected chi connectivity index (χ4v) is 1.27. The van der Waals surface area contributed by atoms with E-state index in [-0.39, 0.29) is 6.04 Å². The summed E-state index contributed by atoms with van der Waals surface area (Å²) in [5.41, 5.74) is 0. The van der Waals surface area contributed by atoms with Gasteiger partial charge in [0.2, 0.25) is 0 Å². The largest absolute Gasteiger partial charge is 0.366 e. The molecule has 1 aliphatic carbocycles. The van der Waals surface area contributed by atoms with Crippen LogP contribution in [0.1, 0.15) is 40.0 Å². The van der Waals surface area contributed by atoms with Crippen LogP contribution in [-0.4, -0.2) is 22.0 Å². The van der Waals surface area contributed by atoms with Crippen molar-refractivity contribution in [1.82, 2.24) is 0 Å². The fraction of sp³-hybridized carbons (Fsp3) is 1.00. The maximum atomic E-state index is 9.90. The maximum absolute atomic E-state index is 9.90. The second-order valence-electron chi connectivity index (χ2n) is 4.17. The summed E-state index contributed by atoms with van der Waals surface area (Å²) in [5, 5.41) is 19.1. The molecule has 4 nitrogen and oxygen atoms in total. The zero-order valence-electron chi connectivity index (χ0n) is 8.53. The van der Waals surface area contributed by atoms with Crippen LogP contribution < -0.4 is 0 Å². The van der Waals surface area contributed by atoms with Gasteiger partial charge < -0.3 is 10.2 Å². The van der Waals surface area contributed by atoms with E-state index in [1.54, 1.807) is 0 Å². The number of rotatable bonds is 1. The van der Waals surface area contributed by atoms with Gasteiger partial charge in [-0.05, 0) is 39.0 Å². The first kappa shape index (κ1) is 12.5. The molecule has 0 spiro atoms. The van der Waals surface area contributed by atoms with Gasteiger partial charge in [-0.2, -0.15) is 4.91 Å². The molecule has 1 rings (SSSR count). The van der Waals surface area contributed by atoms with Gasteiger partial charge in [0.05, 0.1) is 6.04 Å². The lowest BCUT2D eigenvalue weighted by Crippen LogP contribution is -2.15. The number of hydrogen-bond donors (Lipinski definition) is 2. The third-order valence-electron chi connectivity index (χ3n) is 1.82. The van der Waals surface area contributed by atoms with Crippen LogP contribution in [0.15, 0.2) is 5.18 Å². The molecular weight excluding hydrogens is 170 g/mol. The fourth-order valence-electron chi connectivity index (χ4n) is 1.27. The molecular formula is C9H19NO3. The van der Waals surface area contributed by atoms with E-state index >= 15 is 0 Å². The van der Waals surface area contributed by atoms with E-state index in [0.29, 0.717) is 0 Å². The first-order valence-corrected chi connectivity index (χ1v) is 4.60. The molecule has 0 aromatic heterocycles. The molecule has 1 aliphatic rings. The molecule has 13 heavy (non-hydrogen) atoms. The summed E-state index contributed by atoms with van der Waals surface area (Å²) in [4.78, 5) is 9.90. The van der Waals surface area contributed by atoms with Gasteiger partial charge >= 0.3 is 0 Å². The molecule has 0 aromatic carbocycles. The van der Waals surface area contributed by atoms with E-state index in [1.807, 2.05) is 0 Å². The van der Waals surface area contributed by atoms with Crippen molar-refractivity contribution in [2.45, 2.75) is 51.9 Å². The minimum atomic E-state index is -1.50. The van der Waals surface area contributed by atoms with Crippen molar-refractivity contribution in [3.05, 3.63) is 4.91 Å². The van der Waals surface area contributed by atoms with Gasteiger partial charge in [-0.1, -0.05) is 12.1 Å².